The standard InChI is InChI=1S/C18H13ClF3N3O3/c1-18(9-2-4-10(19)5-3-9)16(27)25(17(28)24-18)8-13(26)23-12-7-6-11(20)14(21)15(12)22/h2-7H,8H2,1H3,(H,23,26)(H,24,28)/t18-/m1/s1. The Kier molecular flexibility index (Phi) is 5.03. The van der Waals surface area contributed by atoms with Crippen molar-refractivity contribution < 1.29 is 27.6 Å². The van der Waals surface area contributed by atoms with Gasteiger partial charge < -0.3 is 10.6 Å². The number of hydrogen-bond donors (Lipinski definition) is 2. The van der Waals surface area contributed by atoms with Gasteiger partial charge in [-0.05, 0) is 36.8 Å². The van der Waals surface area contributed by atoms with Crippen LogP contribution in [0.25, 0.3) is 0 Å². The molecule has 4 amide bonds. The summed E-state index contributed by atoms with van der Waals surface area (Å²) in [4.78, 5) is 37.7. The maximum atomic E-state index is 13.7. The first-order valence-electron chi connectivity index (χ1n) is 7.97. The molecule has 0 radical (unpaired) electrons. The van der Waals surface area contributed by atoms with Crippen molar-refractivity contribution in [3.8, 4) is 0 Å². The Morgan fingerprint density at radius 1 is 1.11 bits per heavy atom. The smallest absolute Gasteiger partial charge is 0.322 e. The Bertz CT molecular complexity index is 984. The molecule has 0 bridgehead atoms. The normalized spacial score (nSPS) is 19.0. The van der Waals surface area contributed by atoms with Crippen molar-refractivity contribution in [3.05, 3.63) is 64.4 Å². The molecule has 1 heterocycles. The summed E-state index contributed by atoms with van der Waals surface area (Å²) in [5.41, 5.74) is -1.59. The monoisotopic (exact) mass is 411 g/mol. The first-order valence-corrected chi connectivity index (χ1v) is 8.35. The molecule has 1 aliphatic heterocycles. The minimum absolute atomic E-state index is 0.439. The average molecular weight is 412 g/mol. The van der Waals surface area contributed by atoms with Crippen molar-refractivity contribution >= 4 is 35.1 Å². The lowest BCUT2D eigenvalue weighted by atomic mass is 9.92. The SMILES string of the molecule is C[C@]1(c2ccc(Cl)cc2)NC(=O)N(CC(=O)Nc2ccc(F)c(F)c2F)C1=O. The van der Waals surface area contributed by atoms with Gasteiger partial charge in [0.1, 0.15) is 12.1 Å². The van der Waals surface area contributed by atoms with Crippen LogP contribution in [0.15, 0.2) is 36.4 Å². The highest BCUT2D eigenvalue weighted by Crippen LogP contribution is 2.29. The lowest BCUT2D eigenvalue weighted by Crippen LogP contribution is -2.42. The fourth-order valence-corrected chi connectivity index (χ4v) is 2.90. The third kappa shape index (κ3) is 3.40. The molecule has 28 heavy (non-hydrogen) atoms. The number of anilines is 1. The molecule has 1 saturated heterocycles. The zero-order chi connectivity index (χ0) is 20.6. The van der Waals surface area contributed by atoms with Crippen LogP contribution in [0.1, 0.15) is 12.5 Å². The van der Waals surface area contributed by atoms with Gasteiger partial charge in [0.25, 0.3) is 5.91 Å². The van der Waals surface area contributed by atoms with E-state index in [0.717, 1.165) is 6.07 Å². The van der Waals surface area contributed by atoms with Crippen LogP contribution >= 0.6 is 11.6 Å². The van der Waals surface area contributed by atoms with Gasteiger partial charge in [0.05, 0.1) is 5.69 Å². The van der Waals surface area contributed by atoms with Gasteiger partial charge in [-0.25, -0.2) is 18.0 Å². The van der Waals surface area contributed by atoms with Crippen molar-refractivity contribution in [1.29, 1.82) is 0 Å². The topological polar surface area (TPSA) is 78.5 Å². The highest BCUT2D eigenvalue weighted by atomic mass is 35.5. The van der Waals surface area contributed by atoms with Crippen LogP contribution in [0.3, 0.4) is 0 Å². The van der Waals surface area contributed by atoms with E-state index in [0.29, 0.717) is 21.6 Å². The highest BCUT2D eigenvalue weighted by molar-refractivity contribution is 6.30. The summed E-state index contributed by atoms with van der Waals surface area (Å²) in [6.45, 7) is 0.718. The molecule has 3 rings (SSSR count). The van der Waals surface area contributed by atoms with Crippen molar-refractivity contribution in [2.45, 2.75) is 12.5 Å². The molecule has 6 nitrogen and oxygen atoms in total. The highest BCUT2D eigenvalue weighted by Gasteiger charge is 2.49. The third-order valence-corrected chi connectivity index (χ3v) is 4.56. The van der Waals surface area contributed by atoms with Crippen LogP contribution in [-0.2, 0) is 15.1 Å². The molecule has 2 aromatic rings. The summed E-state index contributed by atoms with van der Waals surface area (Å²) in [6, 6.07) is 6.84. The lowest BCUT2D eigenvalue weighted by molar-refractivity contribution is -0.133. The number of imide groups is 1. The fourth-order valence-electron chi connectivity index (χ4n) is 2.78. The summed E-state index contributed by atoms with van der Waals surface area (Å²) in [5.74, 6) is -6.42. The van der Waals surface area contributed by atoms with Crippen LogP contribution in [0.2, 0.25) is 5.02 Å². The van der Waals surface area contributed by atoms with Gasteiger partial charge in [0.15, 0.2) is 17.5 Å². The van der Waals surface area contributed by atoms with E-state index in [4.69, 9.17) is 11.6 Å². The maximum Gasteiger partial charge on any atom is 0.325 e. The number of carbonyl (C=O) groups is 3. The average Bonchev–Trinajstić information content (AvgIpc) is 2.87. The van der Waals surface area contributed by atoms with E-state index < -0.39 is 53.1 Å². The van der Waals surface area contributed by atoms with Gasteiger partial charge in [0.2, 0.25) is 5.91 Å². The zero-order valence-corrected chi connectivity index (χ0v) is 15.1. The van der Waals surface area contributed by atoms with Crippen LogP contribution in [-0.4, -0.2) is 29.3 Å². The number of amides is 4. The summed E-state index contributed by atoms with van der Waals surface area (Å²) < 4.78 is 39.9. The molecular weight excluding hydrogens is 399 g/mol. The molecule has 1 atom stereocenters. The Morgan fingerprint density at radius 2 is 1.75 bits per heavy atom. The van der Waals surface area contributed by atoms with Gasteiger partial charge in [-0.1, -0.05) is 23.7 Å². The van der Waals surface area contributed by atoms with E-state index in [2.05, 4.69) is 5.32 Å². The molecule has 0 spiro atoms. The third-order valence-electron chi connectivity index (χ3n) is 4.31. The lowest BCUT2D eigenvalue weighted by Gasteiger charge is -2.22. The van der Waals surface area contributed by atoms with Gasteiger partial charge >= 0.3 is 6.03 Å². The molecule has 0 unspecified atom stereocenters. The number of urea groups is 1. The quantitative estimate of drug-likeness (QED) is 0.599. The van der Waals surface area contributed by atoms with Crippen LogP contribution in [0, 0.1) is 17.5 Å². The van der Waals surface area contributed by atoms with Gasteiger partial charge in [0, 0.05) is 5.02 Å². The van der Waals surface area contributed by atoms with Gasteiger partial charge in [-0.3, -0.25) is 14.5 Å². The minimum atomic E-state index is -1.75. The molecule has 146 valence electrons. The number of rotatable bonds is 4. The number of hydrogen-bond acceptors (Lipinski definition) is 3. The molecule has 1 fully saturated rings. The Labute approximate surface area is 162 Å². The summed E-state index contributed by atoms with van der Waals surface area (Å²) >= 11 is 5.82. The summed E-state index contributed by atoms with van der Waals surface area (Å²) in [6.07, 6.45) is 0. The minimum Gasteiger partial charge on any atom is -0.322 e. The van der Waals surface area contributed by atoms with E-state index in [1.54, 1.807) is 24.3 Å². The molecule has 0 saturated carbocycles. The molecule has 0 aliphatic carbocycles. The van der Waals surface area contributed by atoms with Crippen molar-refractivity contribution in [2.75, 3.05) is 11.9 Å². The number of carbonyl (C=O) groups excluding carboxylic acids is 3. The number of benzene rings is 2. The molecule has 2 N–H and O–H groups in total. The van der Waals surface area contributed by atoms with E-state index in [-0.39, 0.29) is 0 Å². The second-order valence-corrected chi connectivity index (χ2v) is 6.66. The second kappa shape index (κ2) is 7.16. The second-order valence-electron chi connectivity index (χ2n) is 6.22. The van der Waals surface area contributed by atoms with E-state index >= 15 is 0 Å². The molecule has 10 heteroatoms. The largest absolute Gasteiger partial charge is 0.325 e. The number of halogens is 4. The Hall–Kier alpha value is -3.07. The summed E-state index contributed by atoms with van der Waals surface area (Å²) in [7, 11) is 0. The molecule has 2 aromatic carbocycles. The van der Waals surface area contributed by atoms with Gasteiger partial charge in [-0.15, -0.1) is 0 Å². The van der Waals surface area contributed by atoms with E-state index in [1.165, 1.54) is 6.92 Å². The van der Waals surface area contributed by atoms with Crippen LogP contribution in [0.5, 0.6) is 0 Å². The molecular formula is C18H13ClF3N3O3. The van der Waals surface area contributed by atoms with Crippen molar-refractivity contribution in [1.82, 2.24) is 10.2 Å². The fraction of sp³-hybridized carbons (Fsp3) is 0.167. The van der Waals surface area contributed by atoms with Crippen molar-refractivity contribution in [2.24, 2.45) is 0 Å². The van der Waals surface area contributed by atoms with Crippen LogP contribution in [0.4, 0.5) is 23.7 Å². The van der Waals surface area contributed by atoms with E-state index in [9.17, 15) is 27.6 Å². The van der Waals surface area contributed by atoms with Gasteiger partial charge in [-0.2, -0.15) is 0 Å². The maximum absolute atomic E-state index is 13.7. The zero-order valence-electron chi connectivity index (χ0n) is 14.4. The number of nitrogens with one attached hydrogen (secondary N) is 2. The molecule has 0 aromatic heterocycles. The predicted molar refractivity (Wildman–Crippen MR) is 94.0 cm³/mol. The Morgan fingerprint density at radius 3 is 2.39 bits per heavy atom. The van der Waals surface area contributed by atoms with Crippen LogP contribution < -0.4 is 10.6 Å². The Balaban J connectivity index is 1.76. The first kappa shape index (κ1) is 19.7. The van der Waals surface area contributed by atoms with Crippen molar-refractivity contribution in [3.63, 3.8) is 0 Å². The number of nitrogens with zero attached hydrogens (tertiary/aromatic N) is 1. The van der Waals surface area contributed by atoms with E-state index in [1.807, 2.05) is 5.32 Å². The first-order chi connectivity index (χ1) is 13.1. The summed E-state index contributed by atoms with van der Waals surface area (Å²) in [5, 5.41) is 4.94. The molecule has 1 aliphatic rings. The predicted octanol–water partition coefficient (Wildman–Crippen LogP) is 3.16.